The molecule has 0 amide bonds. The van der Waals surface area contributed by atoms with Crippen LogP contribution in [-0.4, -0.2) is 41.3 Å². The zero-order chi connectivity index (χ0) is 19.6. The fourth-order valence-corrected chi connectivity index (χ4v) is 4.74. The Bertz CT molecular complexity index is 1040. The summed E-state index contributed by atoms with van der Waals surface area (Å²) in [5.41, 5.74) is -1.40. The minimum Gasteiger partial charge on any atom is -0.477 e. The van der Waals surface area contributed by atoms with Crippen LogP contribution in [0.25, 0.3) is 10.9 Å². The first kappa shape index (κ1) is 20.1. The lowest BCUT2D eigenvalue weighted by atomic mass is 9.94. The highest BCUT2D eigenvalue weighted by Crippen LogP contribution is 2.40. The first-order chi connectivity index (χ1) is 13.5. The minimum absolute atomic E-state index is 0. The molecule has 3 heterocycles. The largest absolute Gasteiger partial charge is 0.477 e. The summed E-state index contributed by atoms with van der Waals surface area (Å²) in [6.07, 6.45) is 4.85. The Labute approximate surface area is 171 Å². The molecule has 2 aliphatic heterocycles. The zero-order valence-electron chi connectivity index (χ0n) is 15.7. The molecule has 2 saturated heterocycles. The van der Waals surface area contributed by atoms with Crippen molar-refractivity contribution in [3.8, 4) is 0 Å². The van der Waals surface area contributed by atoms with Gasteiger partial charge in [0.05, 0.1) is 10.9 Å². The molecule has 2 N–H and O–H groups in total. The van der Waals surface area contributed by atoms with E-state index in [1.807, 2.05) is 0 Å². The highest BCUT2D eigenvalue weighted by molar-refractivity contribution is 5.94. The molecular weight excluding hydrogens is 404 g/mol. The summed E-state index contributed by atoms with van der Waals surface area (Å²) >= 11 is 0. The van der Waals surface area contributed by atoms with Crippen LogP contribution in [0.1, 0.15) is 42.1 Å². The van der Waals surface area contributed by atoms with Gasteiger partial charge in [0.25, 0.3) is 0 Å². The number of anilines is 1. The first-order valence-electron chi connectivity index (χ1n) is 9.74. The molecule has 1 aromatic heterocycles. The summed E-state index contributed by atoms with van der Waals surface area (Å²) in [5, 5.41) is 12.5. The van der Waals surface area contributed by atoms with Crippen molar-refractivity contribution in [1.82, 2.24) is 9.88 Å². The van der Waals surface area contributed by atoms with E-state index in [4.69, 9.17) is 0 Å². The lowest BCUT2D eigenvalue weighted by molar-refractivity contribution is 0.0695. The van der Waals surface area contributed by atoms with Gasteiger partial charge in [-0.15, -0.1) is 12.4 Å². The van der Waals surface area contributed by atoms with E-state index >= 15 is 4.39 Å². The second-order valence-corrected chi connectivity index (χ2v) is 8.10. The second kappa shape index (κ2) is 7.25. The lowest BCUT2D eigenvalue weighted by Gasteiger charge is -2.24. The molecule has 3 fully saturated rings. The fourth-order valence-electron chi connectivity index (χ4n) is 4.74. The molecule has 1 aliphatic carbocycles. The summed E-state index contributed by atoms with van der Waals surface area (Å²) in [5.74, 6) is -2.62. The van der Waals surface area contributed by atoms with E-state index in [9.17, 15) is 19.1 Å². The van der Waals surface area contributed by atoms with Gasteiger partial charge in [-0.3, -0.25) is 4.79 Å². The third kappa shape index (κ3) is 3.18. The highest BCUT2D eigenvalue weighted by Gasteiger charge is 2.38. The number of pyridine rings is 1. The number of carboxylic acid groups (broad SMARTS) is 1. The van der Waals surface area contributed by atoms with Crippen molar-refractivity contribution in [2.45, 2.75) is 37.8 Å². The third-order valence-electron chi connectivity index (χ3n) is 6.27. The number of halogens is 3. The van der Waals surface area contributed by atoms with Gasteiger partial charge in [0, 0.05) is 31.4 Å². The van der Waals surface area contributed by atoms with Gasteiger partial charge in [0.1, 0.15) is 17.1 Å². The molecule has 5 rings (SSSR count). The summed E-state index contributed by atoms with van der Waals surface area (Å²) in [7, 11) is 0. The van der Waals surface area contributed by atoms with E-state index < -0.39 is 28.6 Å². The van der Waals surface area contributed by atoms with Crippen LogP contribution in [-0.2, 0) is 0 Å². The lowest BCUT2D eigenvalue weighted by Crippen LogP contribution is -2.40. The van der Waals surface area contributed by atoms with E-state index in [2.05, 4.69) is 5.32 Å². The van der Waals surface area contributed by atoms with Crippen LogP contribution in [0, 0.1) is 17.6 Å². The predicted octanol–water partition coefficient (Wildman–Crippen LogP) is 2.92. The number of nitrogens with one attached hydrogen (secondary N) is 1. The van der Waals surface area contributed by atoms with Gasteiger partial charge >= 0.3 is 5.97 Å². The van der Waals surface area contributed by atoms with Crippen LogP contribution in [0.3, 0.4) is 0 Å². The Morgan fingerprint density at radius 2 is 1.97 bits per heavy atom. The van der Waals surface area contributed by atoms with E-state index in [1.54, 1.807) is 4.90 Å². The molecule has 0 bridgehead atoms. The van der Waals surface area contributed by atoms with Gasteiger partial charge < -0.3 is 19.9 Å². The van der Waals surface area contributed by atoms with Gasteiger partial charge in [-0.05, 0) is 44.2 Å². The number of rotatable bonds is 3. The van der Waals surface area contributed by atoms with Crippen molar-refractivity contribution < 1.29 is 18.7 Å². The average Bonchev–Trinajstić information content (AvgIpc) is 3.41. The van der Waals surface area contributed by atoms with Crippen LogP contribution in [0.15, 0.2) is 17.1 Å². The van der Waals surface area contributed by atoms with Crippen molar-refractivity contribution in [3.05, 3.63) is 39.7 Å². The van der Waals surface area contributed by atoms with E-state index in [1.165, 1.54) is 10.8 Å². The maximum atomic E-state index is 15.6. The number of carbonyl (C=O) groups is 1. The van der Waals surface area contributed by atoms with Crippen molar-refractivity contribution >= 4 is 35.0 Å². The average molecular weight is 426 g/mol. The number of piperidine rings is 1. The molecule has 29 heavy (non-hydrogen) atoms. The number of fused-ring (bicyclic) bond motifs is 2. The van der Waals surface area contributed by atoms with Gasteiger partial charge in [-0.2, -0.15) is 0 Å². The van der Waals surface area contributed by atoms with E-state index in [0.717, 1.165) is 38.3 Å². The van der Waals surface area contributed by atoms with Gasteiger partial charge in [-0.1, -0.05) is 0 Å². The van der Waals surface area contributed by atoms with E-state index in [0.29, 0.717) is 19.0 Å². The van der Waals surface area contributed by atoms with Crippen LogP contribution in [0.5, 0.6) is 0 Å². The number of carboxylic acids is 1. The number of hydrogen-bond donors (Lipinski definition) is 2. The van der Waals surface area contributed by atoms with Crippen molar-refractivity contribution in [3.63, 3.8) is 0 Å². The molecule has 6 nitrogen and oxygen atoms in total. The van der Waals surface area contributed by atoms with Crippen LogP contribution >= 0.6 is 12.4 Å². The molecule has 2 atom stereocenters. The Morgan fingerprint density at radius 3 is 2.62 bits per heavy atom. The highest BCUT2D eigenvalue weighted by atomic mass is 35.5. The topological polar surface area (TPSA) is 74.6 Å². The molecule has 9 heteroatoms. The Morgan fingerprint density at radius 1 is 1.21 bits per heavy atom. The molecule has 2 unspecified atom stereocenters. The quantitative estimate of drug-likeness (QED) is 0.791. The fraction of sp³-hybridized carbons (Fsp3) is 0.500. The van der Waals surface area contributed by atoms with Crippen LogP contribution < -0.4 is 15.6 Å². The molecule has 156 valence electrons. The zero-order valence-corrected chi connectivity index (χ0v) is 16.5. The molecule has 0 radical (unpaired) electrons. The predicted molar refractivity (Wildman–Crippen MR) is 107 cm³/mol. The summed E-state index contributed by atoms with van der Waals surface area (Å²) < 4.78 is 32.1. The van der Waals surface area contributed by atoms with E-state index in [-0.39, 0.29) is 41.1 Å². The SMILES string of the molecule is Cl.O=C(O)c1cn(C2CC2)c2c(F)c(N3CC4CCCNC4C3)c(F)cc2c1=O. The van der Waals surface area contributed by atoms with Crippen molar-refractivity contribution in [2.75, 3.05) is 24.5 Å². The molecule has 3 aliphatic rings. The first-order valence-corrected chi connectivity index (χ1v) is 9.74. The monoisotopic (exact) mass is 425 g/mol. The number of benzene rings is 1. The van der Waals surface area contributed by atoms with Crippen LogP contribution in [0.2, 0.25) is 0 Å². The Balaban J connectivity index is 0.00000205. The van der Waals surface area contributed by atoms with Crippen LogP contribution in [0.4, 0.5) is 14.5 Å². The molecule has 1 aromatic carbocycles. The van der Waals surface area contributed by atoms with Gasteiger partial charge in [0.15, 0.2) is 5.82 Å². The summed E-state index contributed by atoms with van der Waals surface area (Å²) in [6, 6.07) is 1.16. The number of nitrogens with zero attached hydrogens (tertiary/aromatic N) is 2. The molecular formula is C20H22ClF2N3O3. The Kier molecular flexibility index (Phi) is 5.02. The molecule has 0 spiro atoms. The normalized spacial score (nSPS) is 23.7. The maximum absolute atomic E-state index is 15.6. The number of aromatic nitrogens is 1. The standard InChI is InChI=1S/C20H21F2N3O3.ClH/c21-14-6-12-17(25(11-3-4-11)8-13(19(12)26)20(27)28)16(22)18(14)24-7-10-2-1-5-23-15(10)9-24;/h6,8,10-11,15,23H,1-5,7,9H2,(H,27,28);1H. The Hall–Kier alpha value is -2.19. The second-order valence-electron chi connectivity index (χ2n) is 8.10. The minimum atomic E-state index is -1.39. The number of hydrogen-bond acceptors (Lipinski definition) is 4. The number of aromatic carboxylic acids is 1. The van der Waals surface area contributed by atoms with Crippen molar-refractivity contribution in [1.29, 1.82) is 0 Å². The third-order valence-corrected chi connectivity index (χ3v) is 6.27. The molecule has 2 aromatic rings. The maximum Gasteiger partial charge on any atom is 0.341 e. The molecule has 1 saturated carbocycles. The summed E-state index contributed by atoms with van der Waals surface area (Å²) in [4.78, 5) is 25.7. The van der Waals surface area contributed by atoms with Gasteiger partial charge in [0.2, 0.25) is 5.43 Å². The summed E-state index contributed by atoms with van der Waals surface area (Å²) in [6.45, 7) is 2.00. The van der Waals surface area contributed by atoms with Crippen molar-refractivity contribution in [2.24, 2.45) is 5.92 Å². The smallest absolute Gasteiger partial charge is 0.341 e. The van der Waals surface area contributed by atoms with Gasteiger partial charge in [-0.25, -0.2) is 13.6 Å².